The number of anilines is 1. The largest absolute Gasteiger partial charge is 0.493 e. The maximum absolute atomic E-state index is 14.6. The average molecular weight is 476 g/mol. The van der Waals surface area contributed by atoms with Gasteiger partial charge in [-0.3, -0.25) is 14.6 Å². The van der Waals surface area contributed by atoms with E-state index in [1.165, 1.54) is 6.07 Å². The van der Waals surface area contributed by atoms with Crippen LogP contribution in [0.25, 0.3) is 0 Å². The summed E-state index contributed by atoms with van der Waals surface area (Å²) < 4.78 is 102. The first-order valence-corrected chi connectivity index (χ1v) is 9.44. The lowest BCUT2D eigenvalue weighted by atomic mass is 9.77. The Balaban J connectivity index is 2.12. The molecule has 33 heavy (non-hydrogen) atoms. The normalized spacial score (nSPS) is 26.8. The van der Waals surface area contributed by atoms with Crippen LogP contribution in [0.4, 0.5) is 27.6 Å². The summed E-state index contributed by atoms with van der Waals surface area (Å²) in [6.45, 7) is 1.75. The number of hydrogen-bond donors (Lipinski definition) is 2. The number of carbonyl (C=O) groups excluding carboxylic acids is 2. The van der Waals surface area contributed by atoms with E-state index in [1.54, 1.807) is 0 Å². The van der Waals surface area contributed by atoms with Crippen molar-refractivity contribution in [3.05, 3.63) is 53.4 Å². The van der Waals surface area contributed by atoms with Gasteiger partial charge in [-0.1, -0.05) is 13.0 Å². The second-order valence-electron chi connectivity index (χ2n) is 7.62. The third-order valence-corrected chi connectivity index (χ3v) is 5.75. The first kappa shape index (κ1) is 20.3. The Bertz CT molecular complexity index is 1190. The Morgan fingerprint density at radius 2 is 2.00 bits per heavy atom. The van der Waals surface area contributed by atoms with Crippen molar-refractivity contribution in [2.45, 2.75) is 37.6 Å². The molecule has 1 saturated heterocycles. The highest BCUT2D eigenvalue weighted by Gasteiger charge is 2.65. The van der Waals surface area contributed by atoms with E-state index in [-0.39, 0.29) is 11.4 Å². The lowest BCUT2D eigenvalue weighted by molar-refractivity contribution is -0.272. The van der Waals surface area contributed by atoms with Crippen molar-refractivity contribution < 1.29 is 45.1 Å². The van der Waals surface area contributed by atoms with Gasteiger partial charge in [0.15, 0.2) is 17.2 Å². The summed E-state index contributed by atoms with van der Waals surface area (Å²) in [5.74, 6) is -9.76. The molecule has 1 aromatic carbocycles. The van der Waals surface area contributed by atoms with Crippen molar-refractivity contribution in [1.82, 2.24) is 4.98 Å². The fourth-order valence-corrected chi connectivity index (χ4v) is 3.79. The first-order valence-electron chi connectivity index (χ1n) is 10.9. The van der Waals surface area contributed by atoms with Crippen LogP contribution in [0.5, 0.6) is 5.75 Å². The van der Waals surface area contributed by atoms with Gasteiger partial charge < -0.3 is 20.5 Å². The molecule has 0 spiro atoms. The summed E-state index contributed by atoms with van der Waals surface area (Å²) in [4.78, 5) is 28.2. The van der Waals surface area contributed by atoms with E-state index in [0.29, 0.717) is 13.0 Å². The quantitative estimate of drug-likeness (QED) is 0.643. The first-order chi connectivity index (χ1) is 16.5. The van der Waals surface area contributed by atoms with E-state index in [4.69, 9.17) is 14.6 Å². The molecular weight excluding hydrogens is 453 g/mol. The lowest BCUT2D eigenvalue weighted by Gasteiger charge is -2.32. The van der Waals surface area contributed by atoms with E-state index in [2.05, 4.69) is 15.0 Å². The van der Waals surface area contributed by atoms with Crippen LogP contribution in [0.3, 0.4) is 0 Å². The summed E-state index contributed by atoms with van der Waals surface area (Å²) in [6.07, 6.45) is -5.87. The maximum atomic E-state index is 14.6. The van der Waals surface area contributed by atoms with Crippen LogP contribution in [0.1, 0.15) is 39.9 Å². The second-order valence-corrected chi connectivity index (χ2v) is 7.62. The molecule has 7 nitrogen and oxygen atoms in total. The molecule has 0 radical (unpaired) electrons. The molecule has 1 fully saturated rings. The molecule has 0 bridgehead atoms. The van der Waals surface area contributed by atoms with E-state index in [0.717, 1.165) is 25.3 Å². The van der Waals surface area contributed by atoms with Crippen LogP contribution >= 0.6 is 0 Å². The number of methoxy groups -OCH3 is 1. The number of nitrogens with zero attached hydrogens (tertiary/aromatic N) is 1. The Labute approximate surface area is 189 Å². The van der Waals surface area contributed by atoms with Gasteiger partial charge in [-0.2, -0.15) is 17.6 Å². The highest BCUT2D eigenvalue weighted by Crippen LogP contribution is 2.55. The summed E-state index contributed by atoms with van der Waals surface area (Å²) in [5.41, 5.74) is 1.36. The smallest absolute Gasteiger partial charge is 0.417 e. The molecule has 4 atom stereocenters. The van der Waals surface area contributed by atoms with Crippen molar-refractivity contribution in [1.29, 1.82) is 0 Å². The van der Waals surface area contributed by atoms with Crippen LogP contribution in [0, 0.1) is 17.6 Å². The van der Waals surface area contributed by atoms with Gasteiger partial charge in [0.1, 0.15) is 11.8 Å². The fourth-order valence-electron chi connectivity index (χ4n) is 3.79. The molecule has 3 rings (SSSR count). The molecule has 3 N–H and O–H groups in total. The van der Waals surface area contributed by atoms with E-state index in [9.17, 15) is 31.5 Å². The van der Waals surface area contributed by atoms with Crippen molar-refractivity contribution in [2.24, 2.45) is 11.7 Å². The summed E-state index contributed by atoms with van der Waals surface area (Å²) in [5, 5.41) is 2.28. The summed E-state index contributed by atoms with van der Waals surface area (Å²) in [6, 6.07) is 3.70. The SMILES string of the molecule is [2H]C([2H])([2H])Oc1c([C@@H]2[C@@H](C(=O)Nc3ccnc(C(N)=O)c3)O[C@](C)(C(F)(F)F)[C@@H]2C)ccc(F)c1F. The van der Waals surface area contributed by atoms with Gasteiger partial charge in [-0.25, -0.2) is 4.39 Å². The van der Waals surface area contributed by atoms with Crippen LogP contribution in [-0.2, 0) is 9.53 Å². The second kappa shape index (κ2) is 8.58. The maximum Gasteiger partial charge on any atom is 0.417 e. The number of nitrogens with two attached hydrogens (primary N) is 1. The van der Waals surface area contributed by atoms with Gasteiger partial charge in [0.25, 0.3) is 11.8 Å². The van der Waals surface area contributed by atoms with Gasteiger partial charge in [-0.05, 0) is 25.1 Å². The Morgan fingerprint density at radius 1 is 1.30 bits per heavy atom. The number of aromatic nitrogens is 1. The number of amides is 2. The minimum Gasteiger partial charge on any atom is -0.493 e. The average Bonchev–Trinajstić information content (AvgIpc) is 3.03. The molecule has 2 aromatic rings. The van der Waals surface area contributed by atoms with Crippen LogP contribution in [0.15, 0.2) is 30.5 Å². The van der Waals surface area contributed by atoms with Gasteiger partial charge in [0.2, 0.25) is 5.82 Å². The number of carbonyl (C=O) groups is 2. The van der Waals surface area contributed by atoms with E-state index < -0.39 is 71.5 Å². The fraction of sp³-hybridized carbons (Fsp3) is 0.381. The molecule has 0 aliphatic carbocycles. The van der Waals surface area contributed by atoms with Gasteiger partial charge >= 0.3 is 6.18 Å². The minimum atomic E-state index is -5.01. The standard InChI is InChI=1S/C21H20F5N3O4/c1-9-14(11-4-5-12(22)15(23)16(11)32-3)17(33-20(9,2)21(24,25)26)19(31)29-10-6-7-28-13(8-10)18(27)30/h4-9,14,17H,1-3H3,(H2,27,30)(H,28,29,31)/t9-,14-,17+,20+/m1/s1/i3D3. The third-order valence-electron chi connectivity index (χ3n) is 5.75. The van der Waals surface area contributed by atoms with E-state index in [1.807, 2.05) is 0 Å². The van der Waals surface area contributed by atoms with Crippen LogP contribution in [-0.4, -0.2) is 41.7 Å². The molecule has 2 amide bonds. The topological polar surface area (TPSA) is 104 Å². The molecular formula is C21H20F5N3O4. The predicted octanol–water partition coefficient (Wildman–Crippen LogP) is 3.55. The lowest BCUT2D eigenvalue weighted by Crippen LogP contribution is -2.47. The number of hydrogen-bond acceptors (Lipinski definition) is 5. The molecule has 178 valence electrons. The molecule has 0 unspecified atom stereocenters. The molecule has 2 heterocycles. The van der Waals surface area contributed by atoms with Gasteiger partial charge in [0, 0.05) is 29.3 Å². The van der Waals surface area contributed by atoms with E-state index >= 15 is 0 Å². The number of nitrogens with one attached hydrogen (secondary N) is 1. The zero-order chi connectivity index (χ0) is 27.2. The Morgan fingerprint density at radius 3 is 2.61 bits per heavy atom. The molecule has 1 aromatic heterocycles. The zero-order valence-electron chi connectivity index (χ0n) is 20.2. The van der Waals surface area contributed by atoms with Crippen molar-refractivity contribution in [2.75, 3.05) is 12.4 Å². The molecule has 0 saturated carbocycles. The summed E-state index contributed by atoms with van der Waals surface area (Å²) >= 11 is 0. The number of halogens is 5. The summed E-state index contributed by atoms with van der Waals surface area (Å²) in [7, 11) is -3.29. The molecule has 12 heteroatoms. The Kier molecular flexibility index (Phi) is 5.29. The number of primary amides is 1. The van der Waals surface area contributed by atoms with Gasteiger partial charge in [-0.15, -0.1) is 0 Å². The van der Waals surface area contributed by atoms with Gasteiger partial charge in [0.05, 0.1) is 11.2 Å². The number of alkyl halides is 3. The van der Waals surface area contributed by atoms with Crippen molar-refractivity contribution in [3.63, 3.8) is 0 Å². The Hall–Kier alpha value is -3.28. The van der Waals surface area contributed by atoms with Crippen LogP contribution in [0.2, 0.25) is 0 Å². The predicted molar refractivity (Wildman–Crippen MR) is 106 cm³/mol. The van der Waals surface area contributed by atoms with Crippen molar-refractivity contribution >= 4 is 17.5 Å². The number of rotatable bonds is 5. The monoisotopic (exact) mass is 476 g/mol. The highest BCUT2D eigenvalue weighted by molar-refractivity contribution is 5.97. The third kappa shape index (κ3) is 4.22. The number of ether oxygens (including phenoxy) is 2. The highest BCUT2D eigenvalue weighted by atomic mass is 19.4. The minimum absolute atomic E-state index is 0.0660. The zero-order valence-corrected chi connectivity index (χ0v) is 17.2. The molecule has 1 aliphatic rings. The van der Waals surface area contributed by atoms with Crippen molar-refractivity contribution in [3.8, 4) is 5.75 Å². The number of pyridine rings is 1. The molecule has 1 aliphatic heterocycles. The van der Waals surface area contributed by atoms with Crippen LogP contribution < -0.4 is 15.8 Å². The number of benzene rings is 1.